The van der Waals surface area contributed by atoms with Crippen LogP contribution in [0.15, 0.2) is 48.5 Å². The Morgan fingerprint density at radius 3 is 2.29 bits per heavy atom. The number of benzene rings is 2. The van der Waals surface area contributed by atoms with Gasteiger partial charge in [-0.1, -0.05) is 49.4 Å². The number of carboxylic acids is 1. The van der Waals surface area contributed by atoms with Gasteiger partial charge in [0, 0.05) is 19.5 Å². The Labute approximate surface area is 167 Å². The number of carbonyl (C=O) groups excluding carboxylic acids is 1. The number of hydrogen-bond acceptors (Lipinski definition) is 2. The molecule has 2 aromatic carbocycles. The molecule has 0 aliphatic carbocycles. The summed E-state index contributed by atoms with van der Waals surface area (Å²) in [5.41, 5.74) is 3.83. The van der Waals surface area contributed by atoms with Crippen molar-refractivity contribution < 1.29 is 14.7 Å². The summed E-state index contributed by atoms with van der Waals surface area (Å²) in [6.07, 6.45) is 5.02. The number of aromatic carboxylic acids is 1. The summed E-state index contributed by atoms with van der Waals surface area (Å²) in [6, 6.07) is 15.8. The number of hydrogen-bond donors (Lipinski definition) is 1. The van der Waals surface area contributed by atoms with E-state index in [2.05, 4.69) is 31.2 Å². The van der Waals surface area contributed by atoms with Crippen molar-refractivity contribution in [2.24, 2.45) is 5.92 Å². The van der Waals surface area contributed by atoms with Crippen LogP contribution in [0.1, 0.15) is 53.2 Å². The Morgan fingerprint density at radius 1 is 1.00 bits per heavy atom. The highest BCUT2D eigenvalue weighted by Gasteiger charge is 2.24. The fourth-order valence-electron chi connectivity index (χ4n) is 3.96. The van der Waals surface area contributed by atoms with Crippen molar-refractivity contribution >= 4 is 11.9 Å². The molecular formula is C24H29NO3. The molecule has 0 atom stereocenters. The lowest BCUT2D eigenvalue weighted by molar-refractivity contribution is -0.132. The summed E-state index contributed by atoms with van der Waals surface area (Å²) >= 11 is 0. The molecule has 1 aliphatic heterocycles. The highest BCUT2D eigenvalue weighted by atomic mass is 16.4. The van der Waals surface area contributed by atoms with Gasteiger partial charge in [0.1, 0.15) is 0 Å². The van der Waals surface area contributed by atoms with Crippen LogP contribution in [0.2, 0.25) is 0 Å². The molecule has 0 radical (unpaired) electrons. The summed E-state index contributed by atoms with van der Waals surface area (Å²) in [4.78, 5) is 25.9. The first-order chi connectivity index (χ1) is 13.6. The Balaban J connectivity index is 1.47. The number of carboxylic acid groups (broad SMARTS) is 1. The summed E-state index contributed by atoms with van der Waals surface area (Å²) in [6.45, 7) is 3.68. The van der Waals surface area contributed by atoms with E-state index in [1.54, 1.807) is 12.1 Å². The number of likely N-dealkylation sites (tertiary alicyclic amines) is 1. The van der Waals surface area contributed by atoms with Crippen LogP contribution in [0.3, 0.4) is 0 Å². The van der Waals surface area contributed by atoms with Crippen LogP contribution in [0.4, 0.5) is 0 Å². The van der Waals surface area contributed by atoms with E-state index in [9.17, 15) is 14.7 Å². The smallest absolute Gasteiger partial charge is 0.335 e. The van der Waals surface area contributed by atoms with Gasteiger partial charge >= 0.3 is 5.97 Å². The maximum Gasteiger partial charge on any atom is 0.335 e. The molecule has 0 unspecified atom stereocenters. The minimum atomic E-state index is -0.866. The van der Waals surface area contributed by atoms with Gasteiger partial charge in [-0.05, 0) is 60.8 Å². The second kappa shape index (κ2) is 9.54. The second-order valence-electron chi connectivity index (χ2n) is 7.66. The number of amides is 1. The van der Waals surface area contributed by atoms with Gasteiger partial charge in [0.05, 0.1) is 5.56 Å². The number of piperidine rings is 1. The van der Waals surface area contributed by atoms with Crippen LogP contribution in [-0.2, 0) is 24.1 Å². The monoisotopic (exact) mass is 379 g/mol. The molecule has 1 saturated heterocycles. The average Bonchev–Trinajstić information content (AvgIpc) is 2.73. The minimum Gasteiger partial charge on any atom is -0.478 e. The van der Waals surface area contributed by atoms with E-state index in [4.69, 9.17) is 0 Å². The number of rotatable bonds is 7. The van der Waals surface area contributed by atoms with Crippen molar-refractivity contribution in [3.63, 3.8) is 0 Å². The van der Waals surface area contributed by atoms with Crippen LogP contribution in [0.5, 0.6) is 0 Å². The van der Waals surface area contributed by atoms with Crippen molar-refractivity contribution in [3.05, 3.63) is 70.8 Å². The molecule has 1 heterocycles. The summed E-state index contributed by atoms with van der Waals surface area (Å²) in [5.74, 6) is -0.203. The average molecular weight is 380 g/mol. The molecule has 0 aromatic heterocycles. The summed E-state index contributed by atoms with van der Waals surface area (Å²) < 4.78 is 0. The van der Waals surface area contributed by atoms with Gasteiger partial charge in [-0.15, -0.1) is 0 Å². The third-order valence-corrected chi connectivity index (χ3v) is 5.78. The molecule has 148 valence electrons. The van der Waals surface area contributed by atoms with Gasteiger partial charge in [0.25, 0.3) is 0 Å². The molecule has 4 nitrogen and oxygen atoms in total. The van der Waals surface area contributed by atoms with Crippen LogP contribution in [-0.4, -0.2) is 35.0 Å². The molecule has 1 aliphatic rings. The molecule has 1 fully saturated rings. The van der Waals surface area contributed by atoms with E-state index >= 15 is 0 Å². The van der Waals surface area contributed by atoms with E-state index in [1.165, 1.54) is 11.1 Å². The molecule has 0 spiro atoms. The van der Waals surface area contributed by atoms with Crippen molar-refractivity contribution in [2.45, 2.75) is 45.4 Å². The fourth-order valence-corrected chi connectivity index (χ4v) is 3.96. The Kier molecular flexibility index (Phi) is 6.85. The first-order valence-electron chi connectivity index (χ1n) is 10.2. The second-order valence-corrected chi connectivity index (χ2v) is 7.66. The minimum absolute atomic E-state index is 0.226. The largest absolute Gasteiger partial charge is 0.478 e. The normalized spacial score (nSPS) is 14.8. The molecule has 1 N–H and O–H groups in total. The highest BCUT2D eigenvalue weighted by Crippen LogP contribution is 2.24. The standard InChI is InChI=1S/C24H29NO3/c1-2-18-7-9-19(10-8-18)11-12-23(26)25-15-13-20(14-16-25)17-21-5-3-4-6-22(21)24(27)28/h3-10,20H,2,11-17H2,1H3,(H,27,28). The lowest BCUT2D eigenvalue weighted by Gasteiger charge is -2.32. The maximum atomic E-state index is 12.6. The molecule has 1 amide bonds. The van der Waals surface area contributed by atoms with E-state index in [0.717, 1.165) is 50.8 Å². The first kappa shape index (κ1) is 20.1. The third kappa shape index (κ3) is 5.22. The highest BCUT2D eigenvalue weighted by molar-refractivity contribution is 5.89. The number of aryl methyl sites for hydroxylation is 2. The van der Waals surface area contributed by atoms with Gasteiger partial charge in [0.2, 0.25) is 5.91 Å². The maximum absolute atomic E-state index is 12.6. The van der Waals surface area contributed by atoms with Gasteiger partial charge < -0.3 is 10.0 Å². The molecule has 0 saturated carbocycles. The summed E-state index contributed by atoms with van der Waals surface area (Å²) in [5, 5.41) is 9.34. The third-order valence-electron chi connectivity index (χ3n) is 5.78. The van der Waals surface area contributed by atoms with Crippen molar-refractivity contribution in [1.29, 1.82) is 0 Å². The van der Waals surface area contributed by atoms with Gasteiger partial charge in [0.15, 0.2) is 0 Å². The molecule has 28 heavy (non-hydrogen) atoms. The van der Waals surface area contributed by atoms with Crippen LogP contribution in [0.25, 0.3) is 0 Å². The zero-order valence-electron chi connectivity index (χ0n) is 16.6. The predicted octanol–water partition coefficient (Wildman–Crippen LogP) is 4.36. The van der Waals surface area contributed by atoms with Crippen LogP contribution >= 0.6 is 0 Å². The van der Waals surface area contributed by atoms with Crippen LogP contribution < -0.4 is 0 Å². The van der Waals surface area contributed by atoms with E-state index in [-0.39, 0.29) is 5.91 Å². The van der Waals surface area contributed by atoms with E-state index in [0.29, 0.717) is 17.9 Å². The molecule has 3 rings (SSSR count). The predicted molar refractivity (Wildman–Crippen MR) is 111 cm³/mol. The van der Waals surface area contributed by atoms with Crippen molar-refractivity contribution in [3.8, 4) is 0 Å². The fraction of sp³-hybridized carbons (Fsp3) is 0.417. The lowest BCUT2D eigenvalue weighted by atomic mass is 9.88. The molecule has 0 bridgehead atoms. The topological polar surface area (TPSA) is 57.6 Å². The van der Waals surface area contributed by atoms with E-state index < -0.39 is 5.97 Å². The Hall–Kier alpha value is -2.62. The quantitative estimate of drug-likeness (QED) is 0.777. The SMILES string of the molecule is CCc1ccc(CCC(=O)N2CCC(Cc3ccccc3C(=O)O)CC2)cc1. The zero-order chi connectivity index (χ0) is 19.9. The van der Waals surface area contributed by atoms with Crippen molar-refractivity contribution in [1.82, 2.24) is 4.90 Å². The molecule has 2 aromatic rings. The number of carbonyl (C=O) groups is 2. The first-order valence-corrected chi connectivity index (χ1v) is 10.2. The van der Waals surface area contributed by atoms with Crippen LogP contribution in [0, 0.1) is 5.92 Å². The van der Waals surface area contributed by atoms with Gasteiger partial charge in [-0.25, -0.2) is 4.79 Å². The molecular weight excluding hydrogens is 350 g/mol. The Morgan fingerprint density at radius 2 is 1.64 bits per heavy atom. The Bertz CT molecular complexity index is 805. The van der Waals surface area contributed by atoms with Crippen molar-refractivity contribution in [2.75, 3.05) is 13.1 Å². The van der Waals surface area contributed by atoms with Gasteiger partial charge in [-0.2, -0.15) is 0 Å². The lowest BCUT2D eigenvalue weighted by Crippen LogP contribution is -2.39. The summed E-state index contributed by atoms with van der Waals surface area (Å²) in [7, 11) is 0. The molecule has 4 heteroatoms. The number of nitrogens with zero attached hydrogens (tertiary/aromatic N) is 1. The zero-order valence-corrected chi connectivity index (χ0v) is 16.6. The van der Waals surface area contributed by atoms with E-state index in [1.807, 2.05) is 17.0 Å². The van der Waals surface area contributed by atoms with Gasteiger partial charge in [-0.3, -0.25) is 4.79 Å².